The van der Waals surface area contributed by atoms with Crippen molar-refractivity contribution in [3.8, 4) is 11.1 Å². The van der Waals surface area contributed by atoms with Crippen LogP contribution >= 0.6 is 15.9 Å². The molecule has 12 heteroatoms. The summed E-state index contributed by atoms with van der Waals surface area (Å²) in [6.45, 7) is 6.79. The molecule has 1 saturated carbocycles. The normalized spacial score (nSPS) is 22.9. The summed E-state index contributed by atoms with van der Waals surface area (Å²) < 4.78 is 0.646. The van der Waals surface area contributed by atoms with Crippen LogP contribution in [-0.4, -0.2) is 86.8 Å². The van der Waals surface area contributed by atoms with Gasteiger partial charge in [0, 0.05) is 54.1 Å². The summed E-state index contributed by atoms with van der Waals surface area (Å²) >= 11 is 3.46. The molecule has 4 heterocycles. The van der Waals surface area contributed by atoms with Crippen molar-refractivity contribution in [2.24, 2.45) is 5.41 Å². The Balaban J connectivity index is 1.28. The number of nitrogens with zero attached hydrogens (tertiary/aromatic N) is 5. The first-order chi connectivity index (χ1) is 23.0. The van der Waals surface area contributed by atoms with Gasteiger partial charge in [0.05, 0.1) is 6.54 Å². The van der Waals surface area contributed by atoms with Crippen LogP contribution in [0.2, 0.25) is 0 Å². The van der Waals surface area contributed by atoms with Gasteiger partial charge in [-0.05, 0) is 110 Å². The van der Waals surface area contributed by atoms with Crippen LogP contribution < -0.4 is 10.6 Å². The molecule has 0 radical (unpaired) electrons. The minimum absolute atomic E-state index is 0.0344. The highest BCUT2D eigenvalue weighted by molar-refractivity contribution is 9.10. The van der Waals surface area contributed by atoms with E-state index in [2.05, 4.69) is 53.5 Å². The van der Waals surface area contributed by atoms with Crippen molar-refractivity contribution < 1.29 is 14.4 Å². The fourth-order valence-corrected chi connectivity index (χ4v) is 7.76. The molecule has 6 rings (SSSR count). The van der Waals surface area contributed by atoms with Crippen LogP contribution in [0.15, 0.2) is 41.3 Å². The van der Waals surface area contributed by atoms with Gasteiger partial charge in [-0.25, -0.2) is 15.0 Å². The maximum Gasteiger partial charge on any atom is 0.248 e. The third-order valence-electron chi connectivity index (χ3n) is 10.0. The lowest BCUT2D eigenvalue weighted by Crippen LogP contribution is -2.47. The van der Waals surface area contributed by atoms with E-state index in [4.69, 9.17) is 5.41 Å². The molecule has 2 amide bonds. The minimum Gasteiger partial charge on any atom is -0.375 e. The van der Waals surface area contributed by atoms with Crippen molar-refractivity contribution >= 4 is 50.7 Å². The number of carbonyl (C=O) groups excluding carboxylic acids is 3. The Morgan fingerprint density at radius 1 is 1.08 bits per heavy atom. The number of carbonyl (C=O) groups is 3. The number of ketones is 1. The fourth-order valence-electron chi connectivity index (χ4n) is 7.45. The van der Waals surface area contributed by atoms with Crippen LogP contribution in [0.3, 0.4) is 0 Å². The van der Waals surface area contributed by atoms with Crippen molar-refractivity contribution in [3.05, 3.63) is 63.8 Å². The van der Waals surface area contributed by atoms with Gasteiger partial charge in [0.15, 0.2) is 5.78 Å². The van der Waals surface area contributed by atoms with Gasteiger partial charge in [-0.1, -0.05) is 18.9 Å². The number of likely N-dealkylation sites (tertiary alicyclic amines) is 1. The molecule has 2 aliphatic heterocycles. The Hall–Kier alpha value is -4.03. The van der Waals surface area contributed by atoms with Crippen molar-refractivity contribution in [3.63, 3.8) is 0 Å². The summed E-state index contributed by atoms with van der Waals surface area (Å²) in [4.78, 5) is 57.9. The number of aromatic nitrogens is 3. The van der Waals surface area contributed by atoms with Crippen LogP contribution in [0, 0.1) is 24.7 Å². The van der Waals surface area contributed by atoms with Crippen molar-refractivity contribution in [2.75, 3.05) is 37.3 Å². The smallest absolute Gasteiger partial charge is 0.248 e. The zero-order valence-corrected chi connectivity index (χ0v) is 29.6. The quantitative estimate of drug-likeness (QED) is 0.230. The zero-order valence-electron chi connectivity index (χ0n) is 28.0. The Morgan fingerprint density at radius 3 is 2.58 bits per heavy atom. The van der Waals surface area contributed by atoms with Crippen LogP contribution in [0.4, 0.5) is 11.5 Å². The Labute approximate surface area is 290 Å². The van der Waals surface area contributed by atoms with Gasteiger partial charge in [0.1, 0.15) is 28.0 Å². The first-order valence-corrected chi connectivity index (χ1v) is 17.5. The number of pyridine rings is 1. The number of amides is 2. The standard InChI is InChI=1S/C36H43BrN8O3/c1-21-13-25(26-17-39-23(3)40-18-26)14-27(32(38)22(2)46)33(21)41-19-31(47)45-28-15-36(16-29(36)45)20-44(4)12-8-6-5-7-9-24-10-11-30(37)42-34(24)43-35(28)48/h10-11,13-14,17-18,28-29,38,41H,5-9,12,15-16,19-20H2,1-4H3,(H,42,43,48)/t28-,29+,36-/m0/s1. The van der Waals surface area contributed by atoms with Crippen molar-refractivity contribution in [1.29, 1.82) is 5.41 Å². The molecule has 3 aromatic rings. The second-order valence-electron chi connectivity index (χ2n) is 13.7. The van der Waals surface area contributed by atoms with E-state index < -0.39 is 6.04 Å². The number of Topliss-reactive ketones (excluding diaryl/α,β-unsaturated/α-hetero) is 1. The Kier molecular flexibility index (Phi) is 9.76. The van der Waals surface area contributed by atoms with Gasteiger partial charge < -0.3 is 20.4 Å². The largest absolute Gasteiger partial charge is 0.375 e. The molecule has 252 valence electrons. The lowest BCUT2D eigenvalue weighted by Gasteiger charge is -2.28. The lowest BCUT2D eigenvalue weighted by atomic mass is 9.95. The minimum atomic E-state index is -0.634. The predicted octanol–water partition coefficient (Wildman–Crippen LogP) is 5.33. The van der Waals surface area contributed by atoms with E-state index >= 15 is 0 Å². The number of hydrogen-bond acceptors (Lipinski definition) is 9. The number of hydrogen-bond donors (Lipinski definition) is 3. The molecule has 2 aromatic heterocycles. The first-order valence-electron chi connectivity index (χ1n) is 16.7. The average Bonchev–Trinajstić information content (AvgIpc) is 3.63. The molecule has 48 heavy (non-hydrogen) atoms. The molecule has 1 aromatic carbocycles. The SMILES string of the molecule is CC(=O)C(=N)c1cc(-c2cnc(C)nc2)cc(C)c1NCC(=O)N1[C@H]2C[C@]3(C[C@@H]13)CN(C)CCCCCCc1ccc(Br)nc1NC2=O. The van der Waals surface area contributed by atoms with E-state index in [-0.39, 0.29) is 41.3 Å². The molecule has 1 aliphatic carbocycles. The molecule has 0 unspecified atom stereocenters. The van der Waals surface area contributed by atoms with Gasteiger partial charge in [-0.15, -0.1) is 0 Å². The van der Waals surface area contributed by atoms with E-state index in [0.29, 0.717) is 33.9 Å². The molecule has 3 N–H and O–H groups in total. The molecule has 1 spiro atoms. The number of halogens is 1. The molecule has 2 bridgehead atoms. The van der Waals surface area contributed by atoms with Crippen LogP contribution in [0.5, 0.6) is 0 Å². The third-order valence-corrected chi connectivity index (χ3v) is 10.4. The van der Waals surface area contributed by atoms with Gasteiger partial charge >= 0.3 is 0 Å². The molecule has 11 nitrogen and oxygen atoms in total. The highest BCUT2D eigenvalue weighted by Gasteiger charge is 2.67. The van der Waals surface area contributed by atoms with Crippen molar-refractivity contribution in [2.45, 2.75) is 77.8 Å². The Morgan fingerprint density at radius 2 is 1.83 bits per heavy atom. The summed E-state index contributed by atoms with van der Waals surface area (Å²) in [6.07, 6.45) is 10.1. The van der Waals surface area contributed by atoms with E-state index in [1.54, 1.807) is 23.4 Å². The fraction of sp³-hybridized carbons (Fsp3) is 0.472. The van der Waals surface area contributed by atoms with E-state index in [9.17, 15) is 14.4 Å². The second-order valence-corrected chi connectivity index (χ2v) is 14.5. The topological polar surface area (TPSA) is 144 Å². The summed E-state index contributed by atoms with van der Waals surface area (Å²) in [5.74, 6) is 0.389. The second kappa shape index (κ2) is 13.8. The summed E-state index contributed by atoms with van der Waals surface area (Å²) in [5.41, 5.74) is 3.96. The average molecular weight is 716 g/mol. The lowest BCUT2D eigenvalue weighted by molar-refractivity contribution is -0.136. The highest BCUT2D eigenvalue weighted by Crippen LogP contribution is 2.60. The molecular formula is C36H43BrN8O3. The zero-order chi connectivity index (χ0) is 34.2. The predicted molar refractivity (Wildman–Crippen MR) is 189 cm³/mol. The molecule has 2 fully saturated rings. The number of aryl methyl sites for hydroxylation is 3. The van der Waals surface area contributed by atoms with E-state index in [0.717, 1.165) is 73.9 Å². The van der Waals surface area contributed by atoms with Crippen LogP contribution in [0.1, 0.15) is 68.0 Å². The third kappa shape index (κ3) is 7.05. The van der Waals surface area contributed by atoms with Gasteiger partial charge in [0.2, 0.25) is 11.8 Å². The molecule has 3 aliphatic rings. The number of fused-ring (bicyclic) bond motifs is 2. The van der Waals surface area contributed by atoms with Gasteiger partial charge in [-0.3, -0.25) is 19.8 Å². The van der Waals surface area contributed by atoms with Crippen molar-refractivity contribution in [1.82, 2.24) is 24.8 Å². The van der Waals surface area contributed by atoms with Gasteiger partial charge in [0.25, 0.3) is 0 Å². The van der Waals surface area contributed by atoms with E-state index in [1.165, 1.54) is 6.92 Å². The first kappa shape index (κ1) is 33.9. The number of anilines is 2. The maximum absolute atomic E-state index is 14.2. The highest BCUT2D eigenvalue weighted by atomic mass is 79.9. The number of nitrogens with one attached hydrogen (secondary N) is 3. The number of piperidine rings is 1. The molecule has 3 atom stereocenters. The number of benzene rings is 1. The maximum atomic E-state index is 14.2. The summed E-state index contributed by atoms with van der Waals surface area (Å²) in [7, 11) is 2.14. The van der Waals surface area contributed by atoms with Gasteiger partial charge in [-0.2, -0.15) is 0 Å². The summed E-state index contributed by atoms with van der Waals surface area (Å²) in [5, 5.41) is 15.0. The van der Waals surface area contributed by atoms with Crippen LogP contribution in [0.25, 0.3) is 11.1 Å². The summed E-state index contributed by atoms with van der Waals surface area (Å²) in [6, 6.07) is 6.94. The van der Waals surface area contributed by atoms with E-state index in [1.807, 2.05) is 32.0 Å². The van der Waals surface area contributed by atoms with Crippen LogP contribution in [-0.2, 0) is 20.8 Å². The molecule has 1 saturated heterocycles. The Bertz CT molecular complexity index is 1760. The molecular weight excluding hydrogens is 672 g/mol. The monoisotopic (exact) mass is 714 g/mol. The number of rotatable bonds is 6.